The van der Waals surface area contributed by atoms with Gasteiger partial charge < -0.3 is 29.0 Å². The summed E-state index contributed by atoms with van der Waals surface area (Å²) in [6, 6.07) is 21.9. The lowest BCUT2D eigenvalue weighted by atomic mass is 10.0. The molecule has 0 spiro atoms. The van der Waals surface area contributed by atoms with Crippen molar-refractivity contribution in [2.24, 2.45) is 0 Å². The van der Waals surface area contributed by atoms with Crippen molar-refractivity contribution in [3.8, 4) is 17.1 Å². The fourth-order valence-electron chi connectivity index (χ4n) is 5.71. The van der Waals surface area contributed by atoms with Gasteiger partial charge in [0.1, 0.15) is 17.1 Å². The van der Waals surface area contributed by atoms with Crippen molar-refractivity contribution in [2.75, 3.05) is 20.2 Å². The number of hydrogen-bond acceptors (Lipinski definition) is 4. The molecule has 3 aromatic heterocycles. The van der Waals surface area contributed by atoms with Crippen LogP contribution in [0, 0.1) is 6.92 Å². The number of ether oxygens (including phenoxy) is 1. The van der Waals surface area contributed by atoms with Gasteiger partial charge in [0.2, 0.25) is 0 Å². The molecular formula is C31H31N5O4. The van der Waals surface area contributed by atoms with Crippen LogP contribution in [0.3, 0.4) is 0 Å². The number of rotatable bonds is 6. The first-order valence-corrected chi connectivity index (χ1v) is 13.4. The van der Waals surface area contributed by atoms with Crippen LogP contribution in [0.4, 0.5) is 4.79 Å². The maximum atomic E-state index is 13.4. The Labute approximate surface area is 231 Å². The first-order valence-electron chi connectivity index (χ1n) is 13.4. The molecule has 0 unspecified atom stereocenters. The molecule has 6 rings (SSSR count). The number of piperidine rings is 1. The normalized spacial score (nSPS) is 15.4. The number of para-hydroxylation sites is 1. The summed E-state index contributed by atoms with van der Waals surface area (Å²) in [5, 5.41) is 12.7. The lowest BCUT2D eigenvalue weighted by molar-refractivity contribution is 0.0692. The number of likely N-dealkylation sites (tertiary alicyclic amines) is 1. The summed E-state index contributed by atoms with van der Waals surface area (Å²) in [5.41, 5.74) is 6.29. The van der Waals surface area contributed by atoms with Gasteiger partial charge >= 0.3 is 6.09 Å². The minimum absolute atomic E-state index is 0.117. The molecule has 5 aromatic rings. The number of benzene rings is 2. The number of imidazole rings is 1. The summed E-state index contributed by atoms with van der Waals surface area (Å²) in [6.07, 6.45) is 2.30. The molecule has 2 N–H and O–H groups in total. The Balaban J connectivity index is 1.37. The molecule has 204 valence electrons. The quantitative estimate of drug-likeness (QED) is 0.310. The summed E-state index contributed by atoms with van der Waals surface area (Å²) >= 11 is 0. The van der Waals surface area contributed by atoms with Crippen molar-refractivity contribution in [2.45, 2.75) is 32.4 Å². The Morgan fingerprint density at radius 2 is 1.95 bits per heavy atom. The third-order valence-electron chi connectivity index (χ3n) is 7.68. The highest BCUT2D eigenvalue weighted by molar-refractivity contribution is 5.95. The van der Waals surface area contributed by atoms with E-state index in [4.69, 9.17) is 14.8 Å². The van der Waals surface area contributed by atoms with E-state index in [0.717, 1.165) is 52.1 Å². The van der Waals surface area contributed by atoms with E-state index in [0.29, 0.717) is 30.8 Å². The number of carboxylic acid groups (broad SMARTS) is 1. The topological polar surface area (TPSA) is 101 Å². The third-order valence-corrected chi connectivity index (χ3v) is 7.68. The van der Waals surface area contributed by atoms with Crippen molar-refractivity contribution in [3.63, 3.8) is 0 Å². The fraction of sp³-hybridized carbons (Fsp3) is 0.258. The number of carbonyl (C=O) groups is 2. The van der Waals surface area contributed by atoms with Crippen LogP contribution in [0.25, 0.3) is 27.9 Å². The van der Waals surface area contributed by atoms with Gasteiger partial charge in [-0.3, -0.25) is 4.79 Å². The zero-order valence-electron chi connectivity index (χ0n) is 22.5. The number of methoxy groups -OCH3 is 1. The second kappa shape index (κ2) is 10.4. The smallest absolute Gasteiger partial charge is 0.404 e. The van der Waals surface area contributed by atoms with E-state index in [1.54, 1.807) is 12.0 Å². The van der Waals surface area contributed by atoms with Gasteiger partial charge in [-0.2, -0.15) is 0 Å². The number of nitrogens with zero attached hydrogens (tertiary/aromatic N) is 4. The van der Waals surface area contributed by atoms with E-state index in [-0.39, 0.29) is 11.9 Å². The minimum Gasteiger partial charge on any atom is -0.497 e. The fourth-order valence-corrected chi connectivity index (χ4v) is 5.71. The van der Waals surface area contributed by atoms with Crippen molar-refractivity contribution < 1.29 is 19.4 Å². The van der Waals surface area contributed by atoms with E-state index in [1.807, 2.05) is 60.0 Å². The Hall–Kier alpha value is -4.79. The first-order chi connectivity index (χ1) is 19.4. The number of carbonyl (C=O) groups excluding carboxylic acids is 1. The molecule has 1 saturated heterocycles. The van der Waals surface area contributed by atoms with Crippen LogP contribution in [0.15, 0.2) is 72.9 Å². The third kappa shape index (κ3) is 4.75. The SMILES string of the molecule is COc1cccc(Cn2c(-c3nc4cc(C(=O)N5CCC[C@@H](NC(=O)O)C5)ccn4c3C)cc3ccccc32)c1. The van der Waals surface area contributed by atoms with Crippen molar-refractivity contribution >= 4 is 28.6 Å². The average Bonchev–Trinajstić information content (AvgIpc) is 3.49. The van der Waals surface area contributed by atoms with Crippen LogP contribution in [-0.4, -0.2) is 62.2 Å². The number of amides is 2. The molecular weight excluding hydrogens is 506 g/mol. The lowest BCUT2D eigenvalue weighted by Crippen LogP contribution is -2.49. The van der Waals surface area contributed by atoms with Crippen LogP contribution in [-0.2, 0) is 6.54 Å². The highest BCUT2D eigenvalue weighted by Crippen LogP contribution is 2.32. The molecule has 0 radical (unpaired) electrons. The van der Waals surface area contributed by atoms with Gasteiger partial charge in [-0.25, -0.2) is 9.78 Å². The molecule has 1 atom stereocenters. The Morgan fingerprint density at radius 3 is 2.77 bits per heavy atom. The van der Waals surface area contributed by atoms with Crippen LogP contribution in [0.2, 0.25) is 0 Å². The lowest BCUT2D eigenvalue weighted by Gasteiger charge is -2.32. The maximum absolute atomic E-state index is 13.4. The molecule has 1 aliphatic heterocycles. The molecule has 2 aromatic carbocycles. The summed E-state index contributed by atoms with van der Waals surface area (Å²) in [7, 11) is 1.67. The number of hydrogen-bond donors (Lipinski definition) is 2. The second-order valence-corrected chi connectivity index (χ2v) is 10.3. The summed E-state index contributed by atoms with van der Waals surface area (Å²) < 4.78 is 9.72. The Bertz CT molecular complexity index is 1740. The largest absolute Gasteiger partial charge is 0.497 e. The van der Waals surface area contributed by atoms with Gasteiger partial charge in [-0.1, -0.05) is 30.3 Å². The van der Waals surface area contributed by atoms with Crippen LogP contribution >= 0.6 is 0 Å². The summed E-state index contributed by atoms with van der Waals surface area (Å²) in [5.74, 6) is 0.698. The highest BCUT2D eigenvalue weighted by Gasteiger charge is 2.26. The zero-order chi connectivity index (χ0) is 27.8. The number of aromatic nitrogens is 3. The number of fused-ring (bicyclic) bond motifs is 2. The standard InChI is InChI=1S/C31H31N5O4/c1-20-29(27-16-22-8-3-4-11-26(22)36(27)18-21-7-5-10-25(15-21)40-2)33-28-17-23(12-14-35(20)28)30(37)34-13-6-9-24(19-34)32-31(38)39/h3-5,7-8,10-12,14-17,24,32H,6,9,13,18-19H2,1-2H3,(H,38,39)/t24-/m1/s1. The molecule has 4 heterocycles. The molecule has 9 heteroatoms. The molecule has 2 amide bonds. The molecule has 1 fully saturated rings. The van der Waals surface area contributed by atoms with Crippen LogP contribution in [0.1, 0.15) is 34.5 Å². The number of nitrogens with one attached hydrogen (secondary N) is 1. The van der Waals surface area contributed by atoms with Crippen molar-refractivity contribution in [3.05, 3.63) is 89.7 Å². The van der Waals surface area contributed by atoms with Gasteiger partial charge in [0.15, 0.2) is 0 Å². The van der Waals surface area contributed by atoms with Gasteiger partial charge in [0, 0.05) is 54.0 Å². The van der Waals surface area contributed by atoms with E-state index in [9.17, 15) is 9.59 Å². The number of aryl methyl sites for hydroxylation is 1. The first kappa shape index (κ1) is 25.5. The van der Waals surface area contributed by atoms with Crippen LogP contribution < -0.4 is 10.1 Å². The van der Waals surface area contributed by atoms with E-state index in [1.165, 1.54) is 0 Å². The van der Waals surface area contributed by atoms with E-state index >= 15 is 0 Å². The van der Waals surface area contributed by atoms with Crippen molar-refractivity contribution in [1.82, 2.24) is 24.2 Å². The maximum Gasteiger partial charge on any atom is 0.404 e. The zero-order valence-corrected chi connectivity index (χ0v) is 22.5. The Morgan fingerprint density at radius 1 is 1.10 bits per heavy atom. The number of pyridine rings is 1. The van der Waals surface area contributed by atoms with Gasteiger partial charge in [0.05, 0.1) is 12.8 Å². The molecule has 40 heavy (non-hydrogen) atoms. The van der Waals surface area contributed by atoms with Gasteiger partial charge in [-0.15, -0.1) is 0 Å². The second-order valence-electron chi connectivity index (χ2n) is 10.3. The molecule has 1 aliphatic rings. The van der Waals surface area contributed by atoms with E-state index < -0.39 is 6.09 Å². The van der Waals surface area contributed by atoms with E-state index in [2.05, 4.69) is 34.1 Å². The highest BCUT2D eigenvalue weighted by atomic mass is 16.5. The minimum atomic E-state index is -1.06. The Kier molecular flexibility index (Phi) is 6.63. The molecule has 0 aliphatic carbocycles. The van der Waals surface area contributed by atoms with Crippen molar-refractivity contribution in [1.29, 1.82) is 0 Å². The van der Waals surface area contributed by atoms with Gasteiger partial charge in [-0.05, 0) is 61.7 Å². The molecule has 0 saturated carbocycles. The van der Waals surface area contributed by atoms with Gasteiger partial charge in [0.25, 0.3) is 5.91 Å². The predicted octanol–water partition coefficient (Wildman–Crippen LogP) is 5.19. The monoisotopic (exact) mass is 537 g/mol. The molecule has 0 bridgehead atoms. The summed E-state index contributed by atoms with van der Waals surface area (Å²) in [4.78, 5) is 31.2. The summed E-state index contributed by atoms with van der Waals surface area (Å²) in [6.45, 7) is 3.65. The molecule has 9 nitrogen and oxygen atoms in total. The average molecular weight is 538 g/mol. The van der Waals surface area contributed by atoms with Crippen LogP contribution in [0.5, 0.6) is 5.75 Å². The predicted molar refractivity (Wildman–Crippen MR) is 153 cm³/mol.